The highest BCUT2D eigenvalue weighted by atomic mass is 16.3. The Morgan fingerprint density at radius 3 is 3.00 bits per heavy atom. The molecular weight excluding hydrogens is 254 g/mol. The molecule has 1 heterocycles. The highest BCUT2D eigenvalue weighted by Gasteiger charge is 2.07. The molecule has 5 nitrogen and oxygen atoms in total. The summed E-state index contributed by atoms with van der Waals surface area (Å²) in [4.78, 5) is 14.8. The second-order valence-electron chi connectivity index (χ2n) is 4.92. The fourth-order valence-corrected chi connectivity index (χ4v) is 2.19. The van der Waals surface area contributed by atoms with Crippen molar-refractivity contribution in [2.24, 2.45) is 0 Å². The largest absolute Gasteiger partial charge is 0.396 e. The smallest absolute Gasteiger partial charge is 0.315 e. The van der Waals surface area contributed by atoms with Crippen molar-refractivity contribution in [3.05, 3.63) is 36.0 Å². The van der Waals surface area contributed by atoms with Crippen LogP contribution < -0.4 is 10.6 Å². The van der Waals surface area contributed by atoms with Gasteiger partial charge in [-0.3, -0.25) is 0 Å². The molecule has 0 aliphatic rings. The van der Waals surface area contributed by atoms with Gasteiger partial charge in [0.25, 0.3) is 0 Å². The second-order valence-corrected chi connectivity index (χ2v) is 4.92. The van der Waals surface area contributed by atoms with Crippen LogP contribution in [0.5, 0.6) is 0 Å². The Labute approximate surface area is 118 Å². The maximum atomic E-state index is 11.6. The lowest BCUT2D eigenvalue weighted by molar-refractivity contribution is 0.231. The molecule has 0 saturated heterocycles. The van der Waals surface area contributed by atoms with Crippen LogP contribution >= 0.6 is 0 Å². The molecule has 4 N–H and O–H groups in total. The van der Waals surface area contributed by atoms with E-state index in [0.717, 1.165) is 11.9 Å². The number of aliphatic hydroxyl groups is 1. The van der Waals surface area contributed by atoms with Crippen molar-refractivity contribution in [2.75, 3.05) is 13.2 Å². The number of amides is 2. The van der Waals surface area contributed by atoms with Crippen LogP contribution in [0.1, 0.15) is 18.9 Å². The van der Waals surface area contributed by atoms with Crippen molar-refractivity contribution in [2.45, 2.75) is 25.8 Å². The Morgan fingerprint density at radius 1 is 1.40 bits per heavy atom. The zero-order chi connectivity index (χ0) is 14.4. The summed E-state index contributed by atoms with van der Waals surface area (Å²) < 4.78 is 0. The predicted molar refractivity (Wildman–Crippen MR) is 79.7 cm³/mol. The number of fused-ring (bicyclic) bond motifs is 1. The summed E-state index contributed by atoms with van der Waals surface area (Å²) in [5.74, 6) is 0. The molecule has 0 bridgehead atoms. The minimum Gasteiger partial charge on any atom is -0.396 e. The lowest BCUT2D eigenvalue weighted by Gasteiger charge is -2.13. The summed E-state index contributed by atoms with van der Waals surface area (Å²) in [5, 5.41) is 15.6. The van der Waals surface area contributed by atoms with Crippen molar-refractivity contribution in [1.82, 2.24) is 15.6 Å². The van der Waals surface area contributed by atoms with Gasteiger partial charge in [0.05, 0.1) is 0 Å². The fourth-order valence-electron chi connectivity index (χ4n) is 2.19. The topological polar surface area (TPSA) is 77.2 Å². The number of urea groups is 1. The number of carbonyl (C=O) groups excluding carboxylic acids is 1. The average molecular weight is 275 g/mol. The van der Waals surface area contributed by atoms with Crippen LogP contribution in [0.2, 0.25) is 0 Å². The average Bonchev–Trinajstić information content (AvgIpc) is 2.82. The SMILES string of the molecule is C[C@H](CCO)NC(=O)NCCc1c[nH]c2ccccc12. The van der Waals surface area contributed by atoms with E-state index in [1.807, 2.05) is 31.3 Å². The molecule has 0 radical (unpaired) electrons. The fraction of sp³-hybridized carbons (Fsp3) is 0.400. The molecular formula is C15H21N3O2. The number of rotatable bonds is 6. The highest BCUT2D eigenvalue weighted by molar-refractivity contribution is 5.83. The van der Waals surface area contributed by atoms with Crippen LogP contribution in [0.15, 0.2) is 30.5 Å². The van der Waals surface area contributed by atoms with Gasteiger partial charge in [-0.15, -0.1) is 0 Å². The standard InChI is InChI=1S/C15H21N3O2/c1-11(7-9-19)18-15(20)16-8-6-12-10-17-14-5-3-2-4-13(12)14/h2-5,10-11,17,19H,6-9H2,1H3,(H2,16,18,20)/t11-/m1/s1. The van der Waals surface area contributed by atoms with Crippen LogP contribution in [-0.2, 0) is 6.42 Å². The summed E-state index contributed by atoms with van der Waals surface area (Å²) in [6.45, 7) is 2.53. The van der Waals surface area contributed by atoms with E-state index >= 15 is 0 Å². The Morgan fingerprint density at radius 2 is 2.20 bits per heavy atom. The van der Waals surface area contributed by atoms with Gasteiger partial charge in [0.15, 0.2) is 0 Å². The number of benzene rings is 1. The van der Waals surface area contributed by atoms with Gasteiger partial charge in [-0.1, -0.05) is 18.2 Å². The summed E-state index contributed by atoms with van der Waals surface area (Å²) >= 11 is 0. The Hall–Kier alpha value is -2.01. The van der Waals surface area contributed by atoms with Crippen molar-refractivity contribution in [1.29, 1.82) is 0 Å². The Kier molecular flexibility index (Phi) is 5.01. The molecule has 0 unspecified atom stereocenters. The third-order valence-electron chi connectivity index (χ3n) is 3.29. The van der Waals surface area contributed by atoms with E-state index in [1.165, 1.54) is 10.9 Å². The number of carbonyl (C=O) groups is 1. The molecule has 0 fully saturated rings. The van der Waals surface area contributed by atoms with E-state index in [-0.39, 0.29) is 18.7 Å². The maximum Gasteiger partial charge on any atom is 0.315 e. The molecule has 0 spiro atoms. The number of aromatic amines is 1. The van der Waals surface area contributed by atoms with E-state index in [9.17, 15) is 4.79 Å². The molecule has 2 aromatic rings. The van der Waals surface area contributed by atoms with E-state index in [4.69, 9.17) is 5.11 Å². The molecule has 1 aromatic heterocycles. The van der Waals surface area contributed by atoms with Gasteiger partial charge in [-0.05, 0) is 31.4 Å². The van der Waals surface area contributed by atoms with E-state index in [2.05, 4.69) is 21.7 Å². The van der Waals surface area contributed by atoms with Crippen molar-refractivity contribution in [3.63, 3.8) is 0 Å². The molecule has 2 amide bonds. The van der Waals surface area contributed by atoms with Gasteiger partial charge in [0, 0.05) is 36.3 Å². The second kappa shape index (κ2) is 6.96. The van der Waals surface area contributed by atoms with Crippen molar-refractivity contribution < 1.29 is 9.90 Å². The zero-order valence-corrected chi connectivity index (χ0v) is 11.6. The molecule has 0 saturated carbocycles. The van der Waals surface area contributed by atoms with Gasteiger partial charge in [0.2, 0.25) is 0 Å². The Bertz CT molecular complexity index is 565. The monoisotopic (exact) mass is 275 g/mol. The van der Waals surface area contributed by atoms with Crippen LogP contribution in [0.25, 0.3) is 10.9 Å². The van der Waals surface area contributed by atoms with Crippen molar-refractivity contribution >= 4 is 16.9 Å². The molecule has 0 aliphatic heterocycles. The first-order valence-electron chi connectivity index (χ1n) is 6.91. The van der Waals surface area contributed by atoms with E-state index < -0.39 is 0 Å². The summed E-state index contributed by atoms with van der Waals surface area (Å²) in [6.07, 6.45) is 3.33. The number of H-pyrrole nitrogens is 1. The third-order valence-corrected chi connectivity index (χ3v) is 3.29. The van der Waals surface area contributed by atoms with Crippen LogP contribution in [0.4, 0.5) is 4.79 Å². The number of aliphatic hydroxyl groups excluding tert-OH is 1. The number of aromatic nitrogens is 1. The highest BCUT2D eigenvalue weighted by Crippen LogP contribution is 2.17. The van der Waals surface area contributed by atoms with Gasteiger partial charge in [0.1, 0.15) is 0 Å². The van der Waals surface area contributed by atoms with Gasteiger partial charge >= 0.3 is 6.03 Å². The quantitative estimate of drug-likeness (QED) is 0.648. The van der Waals surface area contributed by atoms with Gasteiger partial charge in [-0.2, -0.15) is 0 Å². The van der Waals surface area contributed by atoms with Gasteiger partial charge < -0.3 is 20.7 Å². The summed E-state index contributed by atoms with van der Waals surface area (Å²) in [7, 11) is 0. The Balaban J connectivity index is 1.80. The van der Waals surface area contributed by atoms with Crippen LogP contribution in [0, 0.1) is 0 Å². The molecule has 1 atom stereocenters. The van der Waals surface area contributed by atoms with E-state index in [0.29, 0.717) is 13.0 Å². The van der Waals surface area contributed by atoms with Crippen LogP contribution in [0.3, 0.4) is 0 Å². The third kappa shape index (κ3) is 3.74. The first-order valence-corrected chi connectivity index (χ1v) is 6.91. The molecule has 1 aromatic carbocycles. The predicted octanol–water partition coefficient (Wildman–Crippen LogP) is 1.78. The molecule has 0 aliphatic carbocycles. The normalized spacial score (nSPS) is 12.3. The zero-order valence-electron chi connectivity index (χ0n) is 11.6. The summed E-state index contributed by atoms with van der Waals surface area (Å²) in [5.41, 5.74) is 2.31. The molecule has 20 heavy (non-hydrogen) atoms. The first-order chi connectivity index (χ1) is 9.70. The minimum atomic E-state index is -0.189. The minimum absolute atomic E-state index is 0.0203. The number of hydrogen-bond acceptors (Lipinski definition) is 2. The van der Waals surface area contributed by atoms with Crippen molar-refractivity contribution in [3.8, 4) is 0 Å². The molecule has 5 heteroatoms. The van der Waals surface area contributed by atoms with Gasteiger partial charge in [-0.25, -0.2) is 4.79 Å². The maximum absolute atomic E-state index is 11.6. The number of para-hydroxylation sites is 1. The molecule has 2 rings (SSSR count). The molecule has 108 valence electrons. The summed E-state index contributed by atoms with van der Waals surface area (Å²) in [6, 6.07) is 7.91. The van der Waals surface area contributed by atoms with E-state index in [1.54, 1.807) is 0 Å². The number of nitrogens with one attached hydrogen (secondary N) is 3. The lowest BCUT2D eigenvalue weighted by Crippen LogP contribution is -2.41. The van der Waals surface area contributed by atoms with Crippen LogP contribution in [-0.4, -0.2) is 35.3 Å². The first kappa shape index (κ1) is 14.4. The number of hydrogen-bond donors (Lipinski definition) is 4. The lowest BCUT2D eigenvalue weighted by atomic mass is 10.1.